The van der Waals surface area contributed by atoms with Crippen molar-refractivity contribution < 1.29 is 51.6 Å². The number of halogens is 4. The van der Waals surface area contributed by atoms with Crippen LogP contribution < -0.4 is 4.74 Å². The summed E-state index contributed by atoms with van der Waals surface area (Å²) in [4.78, 5) is 38.1. The van der Waals surface area contributed by atoms with Gasteiger partial charge in [0, 0.05) is 17.5 Å². The Bertz CT molecular complexity index is 935. The summed E-state index contributed by atoms with van der Waals surface area (Å²) in [5.41, 5.74) is -0.418. The van der Waals surface area contributed by atoms with Crippen LogP contribution in [-0.2, 0) is 23.8 Å². The molecule has 14 heteroatoms. The maximum atomic E-state index is 13.5. The number of esters is 1. The summed E-state index contributed by atoms with van der Waals surface area (Å²) >= 11 is 5.92. The van der Waals surface area contributed by atoms with Crippen LogP contribution in [0.15, 0.2) is 17.7 Å². The number of hydrogen-bond donors (Lipinski definition) is 0. The van der Waals surface area contributed by atoms with E-state index in [1.807, 2.05) is 0 Å². The van der Waals surface area contributed by atoms with E-state index in [4.69, 9.17) is 21.1 Å². The first-order chi connectivity index (χ1) is 14.8. The van der Waals surface area contributed by atoms with Crippen molar-refractivity contribution in [2.75, 3.05) is 6.61 Å². The summed E-state index contributed by atoms with van der Waals surface area (Å²) in [5, 5.41) is 9.22. The zero-order valence-electron chi connectivity index (χ0n) is 16.8. The van der Waals surface area contributed by atoms with E-state index in [1.54, 1.807) is 0 Å². The Hall–Kier alpha value is -3.22. The van der Waals surface area contributed by atoms with Gasteiger partial charge in [-0.1, -0.05) is 11.6 Å². The molecule has 1 aromatic carbocycles. The van der Waals surface area contributed by atoms with Gasteiger partial charge < -0.3 is 23.8 Å². The largest absolute Gasteiger partial charge is 0.511 e. The number of nitrogens with zero attached hydrogens (tertiary/aromatic N) is 1. The number of alkyl halides is 3. The number of benzene rings is 1. The maximum absolute atomic E-state index is 13.5. The van der Waals surface area contributed by atoms with Gasteiger partial charge >= 0.3 is 18.3 Å². The Labute approximate surface area is 183 Å². The molecule has 0 N–H and O–H groups in total. The van der Waals surface area contributed by atoms with Crippen LogP contribution in [0.2, 0.25) is 5.02 Å². The Morgan fingerprint density at radius 3 is 2.50 bits per heavy atom. The molecule has 176 valence electrons. The SMILES string of the molecule is Cc1cc(Cl)cc2c1O[C@H](C(F)(F)F)C(C(=O)OC(C)OC(=O)OC(C)CO[N+](=O)[O-])=C2. The predicted octanol–water partition coefficient (Wildman–Crippen LogP) is 3.99. The molecule has 0 bridgehead atoms. The van der Waals surface area contributed by atoms with Gasteiger partial charge in [0.1, 0.15) is 18.5 Å². The smallest absolute Gasteiger partial charge is 0.475 e. The van der Waals surface area contributed by atoms with Gasteiger partial charge in [0.05, 0.1) is 5.57 Å². The lowest BCUT2D eigenvalue weighted by molar-refractivity contribution is -0.759. The van der Waals surface area contributed by atoms with Crippen molar-refractivity contribution in [3.8, 4) is 5.75 Å². The van der Waals surface area contributed by atoms with Crippen molar-refractivity contribution in [1.29, 1.82) is 0 Å². The van der Waals surface area contributed by atoms with Gasteiger partial charge in [-0.25, -0.2) is 9.59 Å². The lowest BCUT2D eigenvalue weighted by Crippen LogP contribution is -2.41. The number of carbonyl (C=O) groups excluding carboxylic acids is 2. The molecule has 1 aliphatic heterocycles. The van der Waals surface area contributed by atoms with Crippen molar-refractivity contribution in [3.63, 3.8) is 0 Å². The first-order valence-corrected chi connectivity index (χ1v) is 9.26. The van der Waals surface area contributed by atoms with Gasteiger partial charge in [0.15, 0.2) is 0 Å². The molecule has 0 aromatic heterocycles. The van der Waals surface area contributed by atoms with Crippen LogP contribution >= 0.6 is 11.6 Å². The minimum Gasteiger partial charge on any atom is -0.475 e. The molecule has 0 spiro atoms. The topological polar surface area (TPSA) is 123 Å². The lowest BCUT2D eigenvalue weighted by atomic mass is 9.99. The second-order valence-electron chi connectivity index (χ2n) is 6.57. The molecular formula is C18H17ClF3NO9. The number of aryl methyl sites for hydroxylation is 1. The molecule has 0 saturated carbocycles. The molecule has 0 amide bonds. The fraction of sp³-hybridized carbons (Fsp3) is 0.444. The van der Waals surface area contributed by atoms with Crippen LogP contribution in [-0.4, -0.2) is 48.5 Å². The summed E-state index contributed by atoms with van der Waals surface area (Å²) in [6.07, 6.45) is -10.8. The highest BCUT2D eigenvalue weighted by atomic mass is 35.5. The number of carbonyl (C=O) groups is 2. The highest BCUT2D eigenvalue weighted by molar-refractivity contribution is 6.30. The van der Waals surface area contributed by atoms with E-state index < -0.39 is 54.1 Å². The third kappa shape index (κ3) is 6.64. The lowest BCUT2D eigenvalue weighted by Gasteiger charge is -2.29. The van der Waals surface area contributed by atoms with Crippen LogP contribution in [0, 0.1) is 17.0 Å². The van der Waals surface area contributed by atoms with Crippen LogP contribution in [0.4, 0.5) is 18.0 Å². The van der Waals surface area contributed by atoms with Gasteiger partial charge in [-0.05, 0) is 37.6 Å². The van der Waals surface area contributed by atoms with Crippen LogP contribution in [0.1, 0.15) is 25.0 Å². The number of ether oxygens (including phenoxy) is 4. The quantitative estimate of drug-likeness (QED) is 0.245. The van der Waals surface area contributed by atoms with Crippen molar-refractivity contribution in [2.24, 2.45) is 0 Å². The molecule has 2 rings (SSSR count). The second-order valence-corrected chi connectivity index (χ2v) is 7.01. The summed E-state index contributed by atoms with van der Waals surface area (Å²) in [6.45, 7) is 3.22. The van der Waals surface area contributed by atoms with Crippen LogP contribution in [0.5, 0.6) is 5.75 Å². The first kappa shape index (κ1) is 25.0. The molecule has 2 unspecified atom stereocenters. The minimum absolute atomic E-state index is 0.0907. The molecule has 0 fully saturated rings. The highest BCUT2D eigenvalue weighted by Gasteiger charge is 2.49. The Kier molecular flexibility index (Phi) is 7.78. The predicted molar refractivity (Wildman–Crippen MR) is 100 cm³/mol. The van der Waals surface area contributed by atoms with E-state index >= 15 is 0 Å². The molecule has 32 heavy (non-hydrogen) atoms. The van der Waals surface area contributed by atoms with E-state index in [-0.39, 0.29) is 16.3 Å². The van der Waals surface area contributed by atoms with E-state index in [0.717, 1.165) is 13.0 Å². The third-order valence-corrected chi connectivity index (χ3v) is 4.10. The summed E-state index contributed by atoms with van der Waals surface area (Å²) in [7, 11) is 0. The monoisotopic (exact) mass is 483 g/mol. The van der Waals surface area contributed by atoms with E-state index in [0.29, 0.717) is 5.56 Å². The normalized spacial score (nSPS) is 17.1. The van der Waals surface area contributed by atoms with Gasteiger partial charge in [-0.3, -0.25) is 0 Å². The zero-order chi connectivity index (χ0) is 24.2. The first-order valence-electron chi connectivity index (χ1n) is 8.88. The van der Waals surface area contributed by atoms with Crippen molar-refractivity contribution in [1.82, 2.24) is 0 Å². The van der Waals surface area contributed by atoms with E-state index in [2.05, 4.69) is 14.3 Å². The molecular weight excluding hydrogens is 467 g/mol. The average Bonchev–Trinajstić information content (AvgIpc) is 2.64. The Morgan fingerprint density at radius 1 is 1.25 bits per heavy atom. The Balaban J connectivity index is 2.11. The molecule has 0 radical (unpaired) electrons. The van der Waals surface area contributed by atoms with Gasteiger partial charge in [0.2, 0.25) is 12.4 Å². The standard InChI is InChI=1S/C18H17ClF3NO9/c1-8-4-12(19)5-11-6-13(15(18(20,21)22)32-14(8)11)16(24)30-10(3)31-17(25)29-9(2)7-28-23(26)27/h4-6,9-10,15H,7H2,1-3H3/t9?,10?,15-/m0/s1. The summed E-state index contributed by atoms with van der Waals surface area (Å²) < 4.78 is 59.6. The van der Waals surface area contributed by atoms with Crippen molar-refractivity contribution in [3.05, 3.63) is 44.0 Å². The van der Waals surface area contributed by atoms with Gasteiger partial charge in [-0.2, -0.15) is 13.2 Å². The fourth-order valence-corrected chi connectivity index (χ4v) is 2.91. The molecule has 1 aliphatic rings. The van der Waals surface area contributed by atoms with Gasteiger partial charge in [0.25, 0.3) is 5.09 Å². The van der Waals surface area contributed by atoms with E-state index in [9.17, 15) is 32.9 Å². The number of fused-ring (bicyclic) bond motifs is 1. The molecule has 1 aromatic rings. The van der Waals surface area contributed by atoms with Crippen LogP contribution in [0.3, 0.4) is 0 Å². The fourth-order valence-electron chi connectivity index (χ4n) is 2.63. The number of rotatable bonds is 7. The Morgan fingerprint density at radius 2 is 1.91 bits per heavy atom. The average molecular weight is 484 g/mol. The van der Waals surface area contributed by atoms with Crippen LogP contribution in [0.25, 0.3) is 6.08 Å². The number of hydrogen-bond acceptors (Lipinski definition) is 9. The zero-order valence-corrected chi connectivity index (χ0v) is 17.6. The summed E-state index contributed by atoms with van der Waals surface area (Å²) in [6, 6.07) is 2.72. The maximum Gasteiger partial charge on any atom is 0.511 e. The minimum atomic E-state index is -4.95. The van der Waals surface area contributed by atoms with E-state index in [1.165, 1.54) is 26.0 Å². The van der Waals surface area contributed by atoms with Gasteiger partial charge in [-0.15, -0.1) is 10.1 Å². The molecule has 0 saturated heterocycles. The molecule has 10 nitrogen and oxygen atoms in total. The highest BCUT2D eigenvalue weighted by Crippen LogP contribution is 2.40. The molecule has 1 heterocycles. The third-order valence-electron chi connectivity index (χ3n) is 3.88. The molecule has 0 aliphatic carbocycles. The second kappa shape index (κ2) is 9.94. The van der Waals surface area contributed by atoms with Crippen molar-refractivity contribution in [2.45, 2.75) is 45.4 Å². The summed E-state index contributed by atoms with van der Waals surface area (Å²) in [5.74, 6) is -1.55. The molecule has 3 atom stereocenters. The van der Waals surface area contributed by atoms with Crippen molar-refractivity contribution >= 4 is 29.8 Å².